The Morgan fingerprint density at radius 2 is 1.52 bits per heavy atom. The molecule has 0 aliphatic heterocycles. The molecule has 7 N–H and O–H groups in total. The average molecular weight is 694 g/mol. The Bertz CT molecular complexity index is 2640. The number of carbonyl (C=O) groups is 2. The fraction of sp³-hybridized carbons (Fsp3) is 0. The lowest BCUT2D eigenvalue weighted by Crippen LogP contribution is -2.13. The third kappa shape index (κ3) is 6.01. The highest BCUT2D eigenvalue weighted by Crippen LogP contribution is 2.37. The maximum atomic E-state index is 13.4. The third-order valence-corrected chi connectivity index (χ3v) is 8.63. The zero-order valence-electron chi connectivity index (χ0n) is 23.7. The SMILES string of the molecule is O=C(O)c1cc(S(=O)(=O)O)ccc1N=Nc1c(O)c(C(=O)Nc2ccc3[nH]c(=O)[nH]c3c2)nn1-c1cccc2cc(S(=O)(=O)O)ccc12. The first-order valence-corrected chi connectivity index (χ1v) is 16.1. The third-order valence-electron chi connectivity index (χ3n) is 6.93. The van der Waals surface area contributed by atoms with Crippen LogP contribution in [-0.4, -0.2) is 67.8 Å². The number of azo groups is 1. The van der Waals surface area contributed by atoms with Gasteiger partial charge in [-0.3, -0.25) is 13.9 Å². The van der Waals surface area contributed by atoms with Crippen molar-refractivity contribution in [1.82, 2.24) is 19.7 Å². The number of nitrogens with zero attached hydrogens (tertiary/aromatic N) is 4. The van der Waals surface area contributed by atoms with Crippen LogP contribution >= 0.6 is 0 Å². The van der Waals surface area contributed by atoms with Crippen LogP contribution in [0.3, 0.4) is 0 Å². The molecule has 18 nitrogen and oxygen atoms in total. The largest absolute Gasteiger partial charge is 0.502 e. The Morgan fingerprint density at radius 3 is 2.23 bits per heavy atom. The van der Waals surface area contributed by atoms with Gasteiger partial charge in [-0.15, -0.1) is 10.2 Å². The van der Waals surface area contributed by atoms with Crippen LogP contribution in [0.25, 0.3) is 27.5 Å². The standard InChI is InChI=1S/C28H19N7O11S2/c36-24-23(26(37)29-14-4-8-20-21(11-14)31-28(40)30-20)34-35(22-3-1-2-13-10-15(47(41,42)43)5-7-17(13)22)25(24)33-32-19-9-6-16(48(44,45)46)12-18(19)27(38)39/h1-12,36H,(H,29,37)(H,38,39)(H2,30,31,40)(H,41,42,43)(H,44,45,46). The quantitative estimate of drug-likeness (QED) is 0.0886. The van der Waals surface area contributed by atoms with Crippen molar-refractivity contribution in [3.05, 3.63) is 94.5 Å². The average Bonchev–Trinajstić information content (AvgIpc) is 3.56. The number of aromatic nitrogens is 4. The van der Waals surface area contributed by atoms with E-state index < -0.39 is 76.1 Å². The van der Waals surface area contributed by atoms with Crippen LogP contribution in [0.5, 0.6) is 5.75 Å². The lowest BCUT2D eigenvalue weighted by Gasteiger charge is -2.09. The molecule has 0 aliphatic carbocycles. The van der Waals surface area contributed by atoms with Crippen LogP contribution < -0.4 is 11.0 Å². The minimum Gasteiger partial charge on any atom is -0.502 e. The van der Waals surface area contributed by atoms with E-state index in [4.69, 9.17) is 0 Å². The number of H-pyrrole nitrogens is 2. The molecule has 0 spiro atoms. The first kappa shape index (κ1) is 31.7. The Hall–Kier alpha value is -6.22. The van der Waals surface area contributed by atoms with Crippen LogP contribution in [0, 0.1) is 0 Å². The summed E-state index contributed by atoms with van der Waals surface area (Å²) in [6, 6.07) is 15.0. The van der Waals surface area contributed by atoms with Crippen molar-refractivity contribution in [2.45, 2.75) is 9.79 Å². The summed E-state index contributed by atoms with van der Waals surface area (Å²) in [7, 11) is -9.35. The highest BCUT2D eigenvalue weighted by molar-refractivity contribution is 7.86. The Morgan fingerprint density at radius 1 is 0.833 bits per heavy atom. The lowest BCUT2D eigenvalue weighted by atomic mass is 10.1. The van der Waals surface area contributed by atoms with E-state index in [2.05, 4.69) is 30.6 Å². The van der Waals surface area contributed by atoms with Gasteiger partial charge in [0.05, 0.1) is 32.1 Å². The summed E-state index contributed by atoms with van der Waals surface area (Å²) in [5.41, 5.74) is -0.980. The molecule has 0 saturated heterocycles. The second-order valence-electron chi connectivity index (χ2n) is 10.0. The number of benzene rings is 4. The summed E-state index contributed by atoms with van der Waals surface area (Å²) in [5, 5.41) is 36.0. The number of carbonyl (C=O) groups excluding carboxylic acids is 1. The first-order chi connectivity index (χ1) is 22.6. The first-order valence-electron chi connectivity index (χ1n) is 13.2. The molecule has 0 bridgehead atoms. The van der Waals surface area contributed by atoms with Crippen molar-refractivity contribution in [3.63, 3.8) is 0 Å². The number of amides is 1. The number of rotatable bonds is 8. The number of imidazole rings is 1. The second-order valence-corrected chi connectivity index (χ2v) is 12.9. The number of nitrogens with one attached hydrogen (secondary N) is 3. The molecule has 48 heavy (non-hydrogen) atoms. The normalized spacial score (nSPS) is 12.2. The number of hydrogen-bond donors (Lipinski definition) is 7. The molecule has 2 heterocycles. The number of aromatic amines is 2. The van der Waals surface area contributed by atoms with Crippen LogP contribution in [0.1, 0.15) is 20.8 Å². The number of fused-ring (bicyclic) bond motifs is 2. The summed E-state index contributed by atoms with van der Waals surface area (Å²) in [6.07, 6.45) is 0. The van der Waals surface area contributed by atoms with E-state index in [1.54, 1.807) is 0 Å². The highest BCUT2D eigenvalue weighted by Gasteiger charge is 2.26. The van der Waals surface area contributed by atoms with Crippen molar-refractivity contribution in [3.8, 4) is 11.4 Å². The molecule has 6 rings (SSSR count). The highest BCUT2D eigenvalue weighted by atomic mass is 32.2. The van der Waals surface area contributed by atoms with Crippen LogP contribution in [0.15, 0.2) is 97.6 Å². The van der Waals surface area contributed by atoms with Crippen molar-refractivity contribution >= 4 is 71.1 Å². The van der Waals surface area contributed by atoms with E-state index >= 15 is 0 Å². The van der Waals surface area contributed by atoms with Crippen molar-refractivity contribution in [2.24, 2.45) is 10.2 Å². The van der Waals surface area contributed by atoms with Crippen molar-refractivity contribution in [2.75, 3.05) is 5.32 Å². The monoisotopic (exact) mass is 693 g/mol. The van der Waals surface area contributed by atoms with Gasteiger partial charge in [0.25, 0.3) is 26.1 Å². The number of carboxylic acid groups (broad SMARTS) is 1. The topological polar surface area (TPSA) is 287 Å². The fourth-order valence-electron chi connectivity index (χ4n) is 4.74. The van der Waals surface area contributed by atoms with E-state index in [9.17, 15) is 50.5 Å². The van der Waals surface area contributed by atoms with Gasteiger partial charge in [-0.25, -0.2) is 14.3 Å². The summed E-state index contributed by atoms with van der Waals surface area (Å²) in [5.74, 6) is -3.91. The van der Waals surface area contributed by atoms with Crippen LogP contribution in [-0.2, 0) is 20.2 Å². The van der Waals surface area contributed by atoms with Crippen LogP contribution in [0.2, 0.25) is 0 Å². The van der Waals surface area contributed by atoms with Gasteiger partial charge in [-0.2, -0.15) is 21.9 Å². The molecular formula is C28H19N7O11S2. The molecule has 0 radical (unpaired) electrons. The molecule has 0 atom stereocenters. The summed E-state index contributed by atoms with van der Waals surface area (Å²) in [4.78, 5) is 40.9. The Kier molecular flexibility index (Phi) is 7.63. The smallest absolute Gasteiger partial charge is 0.338 e. The molecule has 244 valence electrons. The van der Waals surface area contributed by atoms with Gasteiger partial charge in [0.2, 0.25) is 5.82 Å². The van der Waals surface area contributed by atoms with E-state index in [-0.39, 0.29) is 16.8 Å². The summed E-state index contributed by atoms with van der Waals surface area (Å²) >= 11 is 0. The second kappa shape index (κ2) is 11.5. The number of anilines is 1. The molecule has 0 fully saturated rings. The van der Waals surface area contributed by atoms with E-state index in [0.717, 1.165) is 22.9 Å². The molecule has 0 saturated carbocycles. The van der Waals surface area contributed by atoms with Gasteiger partial charge in [-0.05, 0) is 60.0 Å². The molecule has 1 amide bonds. The zero-order chi connectivity index (χ0) is 34.5. The maximum absolute atomic E-state index is 13.4. The lowest BCUT2D eigenvalue weighted by molar-refractivity contribution is 0.0697. The number of aromatic hydroxyl groups is 1. The van der Waals surface area contributed by atoms with Gasteiger partial charge >= 0.3 is 11.7 Å². The zero-order valence-corrected chi connectivity index (χ0v) is 25.3. The molecule has 4 aromatic carbocycles. The van der Waals surface area contributed by atoms with Gasteiger partial charge < -0.3 is 25.5 Å². The van der Waals surface area contributed by atoms with E-state index in [1.165, 1.54) is 48.5 Å². The Labute approximate surface area is 267 Å². The number of hydrogen-bond acceptors (Lipinski definition) is 11. The van der Waals surface area contributed by atoms with Crippen molar-refractivity contribution < 1.29 is 45.7 Å². The Balaban J connectivity index is 1.50. The summed E-state index contributed by atoms with van der Waals surface area (Å²) < 4.78 is 66.4. The number of carboxylic acids is 1. The summed E-state index contributed by atoms with van der Waals surface area (Å²) in [6.45, 7) is 0. The van der Waals surface area contributed by atoms with Gasteiger partial charge in [-0.1, -0.05) is 18.2 Å². The van der Waals surface area contributed by atoms with E-state index in [1.807, 2.05) is 0 Å². The van der Waals surface area contributed by atoms with Gasteiger partial charge in [0.15, 0.2) is 11.4 Å². The molecule has 0 aliphatic rings. The molecular weight excluding hydrogens is 674 g/mol. The maximum Gasteiger partial charge on any atom is 0.338 e. The van der Waals surface area contributed by atoms with Gasteiger partial charge in [0.1, 0.15) is 5.69 Å². The molecule has 2 aromatic heterocycles. The molecule has 6 aromatic rings. The van der Waals surface area contributed by atoms with Gasteiger partial charge in [0, 0.05) is 11.1 Å². The van der Waals surface area contributed by atoms with E-state index in [0.29, 0.717) is 22.5 Å². The van der Waals surface area contributed by atoms with Crippen LogP contribution in [0.4, 0.5) is 17.2 Å². The van der Waals surface area contributed by atoms with Crippen molar-refractivity contribution in [1.29, 1.82) is 0 Å². The predicted octanol–water partition coefficient (Wildman–Crippen LogP) is 3.76. The molecule has 20 heteroatoms. The predicted molar refractivity (Wildman–Crippen MR) is 167 cm³/mol. The minimum atomic E-state index is -4.78. The minimum absolute atomic E-state index is 0.129. The fourth-order valence-corrected chi connectivity index (χ4v) is 5.76. The molecule has 0 unspecified atom stereocenters. The number of aromatic carboxylic acids is 1.